The lowest BCUT2D eigenvalue weighted by atomic mass is 10.1. The molecule has 0 bridgehead atoms. The van der Waals surface area contributed by atoms with Crippen LogP contribution in [0.4, 0.5) is 5.88 Å². The zero-order chi connectivity index (χ0) is 15.6. The van der Waals surface area contributed by atoms with Crippen LogP contribution in [0.1, 0.15) is 0 Å². The van der Waals surface area contributed by atoms with E-state index in [1.165, 1.54) is 18.3 Å². The van der Waals surface area contributed by atoms with Crippen LogP contribution in [0, 0.1) is 0 Å². The second-order valence-electron chi connectivity index (χ2n) is 4.49. The minimum atomic E-state index is -3.74. The monoisotopic (exact) mass is 378 g/mol. The molecule has 0 unspecified atom stereocenters. The van der Waals surface area contributed by atoms with Crippen molar-refractivity contribution in [3.63, 3.8) is 0 Å². The molecular weight excluding hydrogens is 368 g/mol. The highest BCUT2D eigenvalue weighted by Crippen LogP contribution is 2.29. The summed E-state index contributed by atoms with van der Waals surface area (Å²) in [6, 6.07) is 15.6. The van der Waals surface area contributed by atoms with Crippen LogP contribution in [0.5, 0.6) is 0 Å². The van der Waals surface area contributed by atoms with Crippen LogP contribution in [0.15, 0.2) is 74.7 Å². The van der Waals surface area contributed by atoms with E-state index in [9.17, 15) is 8.42 Å². The molecule has 0 aliphatic heterocycles. The molecule has 1 aromatic heterocycles. The quantitative estimate of drug-likeness (QED) is 0.746. The first kappa shape index (κ1) is 14.8. The van der Waals surface area contributed by atoms with Crippen LogP contribution in [0.2, 0.25) is 0 Å². The van der Waals surface area contributed by atoms with Gasteiger partial charge in [0, 0.05) is 4.47 Å². The maximum absolute atomic E-state index is 12.4. The molecule has 0 saturated heterocycles. The highest BCUT2D eigenvalue weighted by molar-refractivity contribution is 9.10. The molecule has 1 heterocycles. The molecule has 112 valence electrons. The predicted molar refractivity (Wildman–Crippen MR) is 86.9 cm³/mol. The molecule has 22 heavy (non-hydrogen) atoms. The number of hydrogen-bond acceptors (Lipinski definition) is 4. The fourth-order valence-corrected chi connectivity index (χ4v) is 3.20. The van der Waals surface area contributed by atoms with Crippen LogP contribution in [0.25, 0.3) is 11.1 Å². The first-order valence-corrected chi connectivity index (χ1v) is 8.62. The van der Waals surface area contributed by atoms with E-state index in [-0.39, 0.29) is 10.8 Å². The second-order valence-corrected chi connectivity index (χ2v) is 7.09. The van der Waals surface area contributed by atoms with Gasteiger partial charge in [0.2, 0.25) is 5.88 Å². The SMILES string of the molecule is O=S(=O)(Nc1oncc1-c1ccccc1)c1ccc(Br)cc1. The molecule has 0 saturated carbocycles. The van der Waals surface area contributed by atoms with E-state index in [0.717, 1.165) is 10.0 Å². The summed E-state index contributed by atoms with van der Waals surface area (Å²) in [6.07, 6.45) is 1.48. The van der Waals surface area contributed by atoms with Gasteiger partial charge in [0.05, 0.1) is 16.7 Å². The van der Waals surface area contributed by atoms with Crippen molar-refractivity contribution >= 4 is 31.8 Å². The second kappa shape index (κ2) is 5.94. The number of nitrogens with zero attached hydrogens (tertiary/aromatic N) is 1. The molecule has 0 amide bonds. The van der Waals surface area contributed by atoms with Crippen LogP contribution >= 0.6 is 15.9 Å². The van der Waals surface area contributed by atoms with Crippen molar-refractivity contribution in [1.82, 2.24) is 5.16 Å². The molecule has 0 aliphatic carbocycles. The van der Waals surface area contributed by atoms with Crippen LogP contribution in [-0.4, -0.2) is 13.6 Å². The molecule has 5 nitrogen and oxygen atoms in total. The Labute approximate surface area is 136 Å². The van der Waals surface area contributed by atoms with Gasteiger partial charge in [0.25, 0.3) is 10.0 Å². The van der Waals surface area contributed by atoms with Crippen molar-refractivity contribution in [2.75, 3.05) is 4.72 Å². The van der Waals surface area contributed by atoms with E-state index >= 15 is 0 Å². The van der Waals surface area contributed by atoms with Gasteiger partial charge in [-0.15, -0.1) is 0 Å². The molecule has 0 radical (unpaired) electrons. The van der Waals surface area contributed by atoms with E-state index in [0.29, 0.717) is 5.56 Å². The van der Waals surface area contributed by atoms with Crippen molar-refractivity contribution in [2.45, 2.75) is 4.90 Å². The number of halogens is 1. The Morgan fingerprint density at radius 2 is 1.68 bits per heavy atom. The van der Waals surface area contributed by atoms with Crippen LogP contribution < -0.4 is 4.72 Å². The molecule has 7 heteroatoms. The summed E-state index contributed by atoms with van der Waals surface area (Å²) in [4.78, 5) is 0.145. The normalized spacial score (nSPS) is 11.3. The van der Waals surface area contributed by atoms with E-state index in [1.807, 2.05) is 30.3 Å². The summed E-state index contributed by atoms with van der Waals surface area (Å²) >= 11 is 3.27. The molecule has 0 aliphatic rings. The van der Waals surface area contributed by atoms with Gasteiger partial charge in [-0.1, -0.05) is 51.4 Å². The summed E-state index contributed by atoms with van der Waals surface area (Å²) in [6.45, 7) is 0. The fraction of sp³-hybridized carbons (Fsp3) is 0. The Morgan fingerprint density at radius 3 is 2.36 bits per heavy atom. The summed E-state index contributed by atoms with van der Waals surface area (Å²) in [5.41, 5.74) is 1.40. The minimum Gasteiger partial charge on any atom is -0.337 e. The van der Waals surface area contributed by atoms with Gasteiger partial charge in [-0.25, -0.2) is 13.1 Å². The third-order valence-electron chi connectivity index (χ3n) is 3.01. The third-order valence-corrected chi connectivity index (χ3v) is 4.88. The molecule has 1 N–H and O–H groups in total. The lowest BCUT2D eigenvalue weighted by molar-refractivity contribution is 0.435. The Bertz CT molecular complexity index is 875. The van der Waals surface area contributed by atoms with Gasteiger partial charge in [-0.05, 0) is 29.8 Å². The van der Waals surface area contributed by atoms with Crippen molar-refractivity contribution in [3.8, 4) is 11.1 Å². The summed E-state index contributed by atoms with van der Waals surface area (Å²) in [7, 11) is -3.74. The number of aromatic nitrogens is 1. The number of nitrogens with one attached hydrogen (secondary N) is 1. The zero-order valence-electron chi connectivity index (χ0n) is 11.2. The van der Waals surface area contributed by atoms with Crippen LogP contribution in [-0.2, 0) is 10.0 Å². The molecule has 3 rings (SSSR count). The number of anilines is 1. The largest absolute Gasteiger partial charge is 0.337 e. The average Bonchev–Trinajstić information content (AvgIpc) is 2.96. The number of hydrogen-bond donors (Lipinski definition) is 1. The topological polar surface area (TPSA) is 72.2 Å². The van der Waals surface area contributed by atoms with Crippen molar-refractivity contribution in [3.05, 3.63) is 65.3 Å². The lowest BCUT2D eigenvalue weighted by Gasteiger charge is -2.07. The van der Waals surface area contributed by atoms with E-state index in [1.54, 1.807) is 12.1 Å². The van der Waals surface area contributed by atoms with Gasteiger partial charge in [-0.3, -0.25) is 0 Å². The molecule has 0 spiro atoms. The Balaban J connectivity index is 1.94. The number of benzene rings is 2. The Kier molecular flexibility index (Phi) is 4.00. The molecule has 0 atom stereocenters. The van der Waals surface area contributed by atoms with Gasteiger partial charge in [0.1, 0.15) is 0 Å². The van der Waals surface area contributed by atoms with Gasteiger partial charge in [0.15, 0.2) is 0 Å². The molecule has 2 aromatic carbocycles. The summed E-state index contributed by atoms with van der Waals surface area (Å²) < 4.78 is 33.0. The number of rotatable bonds is 4. The van der Waals surface area contributed by atoms with E-state index in [2.05, 4.69) is 25.8 Å². The Morgan fingerprint density at radius 1 is 1.00 bits per heavy atom. The highest BCUT2D eigenvalue weighted by atomic mass is 79.9. The average molecular weight is 379 g/mol. The van der Waals surface area contributed by atoms with Gasteiger partial charge >= 0.3 is 0 Å². The fourth-order valence-electron chi connectivity index (χ4n) is 1.93. The molecular formula is C15H11BrN2O3S. The first-order chi connectivity index (χ1) is 10.6. The van der Waals surface area contributed by atoms with Crippen molar-refractivity contribution in [2.24, 2.45) is 0 Å². The number of sulfonamides is 1. The lowest BCUT2D eigenvalue weighted by Crippen LogP contribution is -2.12. The molecule has 0 fully saturated rings. The Hall–Kier alpha value is -2.12. The zero-order valence-corrected chi connectivity index (χ0v) is 13.6. The van der Waals surface area contributed by atoms with Gasteiger partial charge < -0.3 is 4.52 Å². The van der Waals surface area contributed by atoms with Crippen molar-refractivity contribution < 1.29 is 12.9 Å². The first-order valence-electron chi connectivity index (χ1n) is 6.35. The highest BCUT2D eigenvalue weighted by Gasteiger charge is 2.19. The van der Waals surface area contributed by atoms with Crippen molar-refractivity contribution in [1.29, 1.82) is 0 Å². The third kappa shape index (κ3) is 3.05. The molecule has 3 aromatic rings. The summed E-state index contributed by atoms with van der Waals surface area (Å²) in [5.74, 6) is 0.0918. The smallest absolute Gasteiger partial charge is 0.264 e. The minimum absolute atomic E-state index is 0.0918. The standard InChI is InChI=1S/C15H11BrN2O3S/c16-12-6-8-13(9-7-12)22(19,20)18-15-14(10-17-21-15)11-4-2-1-3-5-11/h1-10,18H. The van der Waals surface area contributed by atoms with E-state index in [4.69, 9.17) is 4.52 Å². The maximum atomic E-state index is 12.4. The summed E-state index contributed by atoms with van der Waals surface area (Å²) in [5, 5.41) is 3.68. The van der Waals surface area contributed by atoms with Crippen LogP contribution in [0.3, 0.4) is 0 Å². The van der Waals surface area contributed by atoms with Gasteiger partial charge in [-0.2, -0.15) is 0 Å². The predicted octanol–water partition coefficient (Wildman–Crippen LogP) is 3.90. The maximum Gasteiger partial charge on any atom is 0.264 e. The van der Waals surface area contributed by atoms with E-state index < -0.39 is 10.0 Å².